The normalized spacial score (nSPS) is 10.1. The lowest BCUT2D eigenvalue weighted by Crippen LogP contribution is -2.04. The van der Waals surface area contributed by atoms with E-state index in [2.05, 4.69) is 10.3 Å². The molecule has 0 bridgehead atoms. The maximum atomic E-state index is 11.5. The van der Waals surface area contributed by atoms with Gasteiger partial charge in [0.25, 0.3) is 6.01 Å². The number of nitrogens with one attached hydrogen (secondary N) is 1. The number of esters is 1. The van der Waals surface area contributed by atoms with Gasteiger partial charge in [0.2, 0.25) is 0 Å². The van der Waals surface area contributed by atoms with Crippen LogP contribution in [0.1, 0.15) is 27.8 Å². The van der Waals surface area contributed by atoms with Crippen LogP contribution in [0.4, 0.5) is 11.7 Å². The lowest BCUT2D eigenvalue weighted by molar-refractivity contribution is 0.0526. The molecule has 7 nitrogen and oxygen atoms in total. The lowest BCUT2D eigenvalue weighted by atomic mass is 10.2. The highest BCUT2D eigenvalue weighted by atomic mass is 16.5. The maximum Gasteiger partial charge on any atom is 0.357 e. The summed E-state index contributed by atoms with van der Waals surface area (Å²) in [5, 5.41) is 11.5. The van der Waals surface area contributed by atoms with Crippen LogP contribution in [0.25, 0.3) is 0 Å². The summed E-state index contributed by atoms with van der Waals surface area (Å²) in [5.74, 6) is -1.57. The fourth-order valence-corrected chi connectivity index (χ4v) is 1.46. The Hall–Kier alpha value is -2.83. The Bertz CT molecular complexity index is 618. The minimum Gasteiger partial charge on any atom is -0.476 e. The zero-order valence-electron chi connectivity index (χ0n) is 10.6. The van der Waals surface area contributed by atoms with Crippen LogP contribution in [0.15, 0.2) is 34.9 Å². The minimum atomic E-state index is -1.17. The molecule has 2 rings (SSSR count). The maximum absolute atomic E-state index is 11.5. The molecule has 20 heavy (non-hydrogen) atoms. The number of nitrogens with zero attached hydrogens (tertiary/aromatic N) is 1. The molecule has 0 spiro atoms. The fourth-order valence-electron chi connectivity index (χ4n) is 1.46. The number of oxazole rings is 1. The molecule has 0 aliphatic rings. The third-order valence-electron chi connectivity index (χ3n) is 2.37. The number of anilines is 2. The van der Waals surface area contributed by atoms with Crippen molar-refractivity contribution in [1.29, 1.82) is 0 Å². The minimum absolute atomic E-state index is 0.0614. The number of benzene rings is 1. The molecule has 2 aromatic rings. The van der Waals surface area contributed by atoms with Gasteiger partial charge < -0.3 is 19.6 Å². The van der Waals surface area contributed by atoms with Crippen LogP contribution >= 0.6 is 0 Å². The van der Waals surface area contributed by atoms with Crippen molar-refractivity contribution in [1.82, 2.24) is 4.98 Å². The van der Waals surface area contributed by atoms with Crippen LogP contribution in [0, 0.1) is 0 Å². The Kier molecular flexibility index (Phi) is 3.99. The molecule has 0 unspecified atom stereocenters. The Morgan fingerprint density at radius 3 is 2.60 bits per heavy atom. The van der Waals surface area contributed by atoms with E-state index in [9.17, 15) is 9.59 Å². The molecule has 0 fully saturated rings. The molecule has 0 amide bonds. The SMILES string of the molecule is CCOC(=O)c1ccc(Nc2nc(C(=O)O)co2)cc1. The average molecular weight is 276 g/mol. The summed E-state index contributed by atoms with van der Waals surface area (Å²) in [6.45, 7) is 2.05. The van der Waals surface area contributed by atoms with E-state index >= 15 is 0 Å². The number of hydrogen-bond acceptors (Lipinski definition) is 6. The molecule has 1 aromatic heterocycles. The average Bonchev–Trinajstić information content (AvgIpc) is 2.88. The van der Waals surface area contributed by atoms with Crippen molar-refractivity contribution in [3.63, 3.8) is 0 Å². The van der Waals surface area contributed by atoms with E-state index in [0.717, 1.165) is 6.26 Å². The Labute approximate surface area is 114 Å². The third-order valence-corrected chi connectivity index (χ3v) is 2.37. The van der Waals surface area contributed by atoms with Crippen LogP contribution in [0.3, 0.4) is 0 Å². The van der Waals surface area contributed by atoms with E-state index in [1.165, 1.54) is 0 Å². The van der Waals surface area contributed by atoms with Crippen LogP contribution in [0.2, 0.25) is 0 Å². The summed E-state index contributed by atoms with van der Waals surface area (Å²) in [5.41, 5.74) is 0.850. The van der Waals surface area contributed by atoms with Crippen molar-refractivity contribution >= 4 is 23.6 Å². The highest BCUT2D eigenvalue weighted by Gasteiger charge is 2.11. The standard InChI is InChI=1S/C13H12N2O5/c1-2-19-12(18)8-3-5-9(6-4-8)14-13-15-10(7-20-13)11(16)17/h3-7H,2H2,1H3,(H,14,15)(H,16,17). The number of carbonyl (C=O) groups is 2. The van der Waals surface area contributed by atoms with Gasteiger partial charge in [-0.25, -0.2) is 9.59 Å². The lowest BCUT2D eigenvalue weighted by Gasteiger charge is -2.04. The largest absolute Gasteiger partial charge is 0.476 e. The highest BCUT2D eigenvalue weighted by Crippen LogP contribution is 2.17. The molecule has 104 valence electrons. The van der Waals surface area contributed by atoms with Crippen molar-refractivity contribution in [2.75, 3.05) is 11.9 Å². The number of rotatable bonds is 5. The summed E-state index contributed by atoms with van der Waals surface area (Å²) < 4.78 is 9.81. The smallest absolute Gasteiger partial charge is 0.357 e. The number of aromatic nitrogens is 1. The topological polar surface area (TPSA) is 102 Å². The molecule has 2 N–H and O–H groups in total. The van der Waals surface area contributed by atoms with Crippen molar-refractivity contribution in [2.45, 2.75) is 6.92 Å². The summed E-state index contributed by atoms with van der Waals surface area (Å²) in [4.78, 5) is 25.8. The van der Waals surface area contributed by atoms with E-state index in [-0.39, 0.29) is 11.7 Å². The van der Waals surface area contributed by atoms with Gasteiger partial charge in [-0.2, -0.15) is 4.98 Å². The number of ether oxygens (including phenoxy) is 1. The molecule has 0 aliphatic carbocycles. The number of carboxylic acid groups (broad SMARTS) is 1. The van der Waals surface area contributed by atoms with Crippen LogP contribution in [-0.4, -0.2) is 28.6 Å². The van der Waals surface area contributed by atoms with Crippen molar-refractivity contribution < 1.29 is 23.8 Å². The van der Waals surface area contributed by atoms with Gasteiger partial charge in [0, 0.05) is 5.69 Å². The first kappa shape index (κ1) is 13.6. The third kappa shape index (κ3) is 3.14. The number of carbonyl (C=O) groups excluding carboxylic acids is 1. The molecule has 1 aromatic carbocycles. The Morgan fingerprint density at radius 2 is 2.05 bits per heavy atom. The molecule has 0 radical (unpaired) electrons. The molecule has 0 saturated carbocycles. The van der Waals surface area contributed by atoms with Gasteiger partial charge >= 0.3 is 11.9 Å². The quantitative estimate of drug-likeness (QED) is 0.808. The summed E-state index contributed by atoms with van der Waals surface area (Å²) in [6, 6.07) is 6.50. The van der Waals surface area contributed by atoms with Gasteiger partial charge in [0.1, 0.15) is 6.26 Å². The van der Waals surface area contributed by atoms with E-state index in [1.54, 1.807) is 31.2 Å². The molecule has 0 atom stereocenters. The van der Waals surface area contributed by atoms with Gasteiger partial charge in [-0.15, -0.1) is 0 Å². The van der Waals surface area contributed by atoms with Gasteiger partial charge in [-0.3, -0.25) is 0 Å². The summed E-state index contributed by atoms with van der Waals surface area (Å²) in [6.07, 6.45) is 1.04. The fraction of sp³-hybridized carbons (Fsp3) is 0.154. The van der Waals surface area contributed by atoms with Gasteiger partial charge in [-0.05, 0) is 31.2 Å². The van der Waals surface area contributed by atoms with Gasteiger partial charge in [0.15, 0.2) is 5.69 Å². The highest BCUT2D eigenvalue weighted by molar-refractivity contribution is 5.90. The van der Waals surface area contributed by atoms with E-state index in [1.807, 2.05) is 0 Å². The monoisotopic (exact) mass is 276 g/mol. The number of hydrogen-bond donors (Lipinski definition) is 2. The number of carboxylic acids is 1. The second-order valence-corrected chi connectivity index (χ2v) is 3.77. The molecular weight excluding hydrogens is 264 g/mol. The van der Waals surface area contributed by atoms with E-state index < -0.39 is 11.9 Å². The van der Waals surface area contributed by atoms with Crippen LogP contribution in [0.5, 0.6) is 0 Å². The van der Waals surface area contributed by atoms with Crippen molar-refractivity contribution in [3.05, 3.63) is 41.8 Å². The first-order valence-electron chi connectivity index (χ1n) is 5.83. The predicted molar refractivity (Wildman–Crippen MR) is 69.1 cm³/mol. The van der Waals surface area contributed by atoms with Crippen molar-refractivity contribution in [3.8, 4) is 0 Å². The molecule has 1 heterocycles. The summed E-state index contributed by atoms with van der Waals surface area (Å²) in [7, 11) is 0. The van der Waals surface area contributed by atoms with Crippen molar-refractivity contribution in [2.24, 2.45) is 0 Å². The summed E-state index contributed by atoms with van der Waals surface area (Å²) >= 11 is 0. The van der Waals surface area contributed by atoms with Gasteiger partial charge in [-0.1, -0.05) is 0 Å². The molecule has 7 heteroatoms. The Morgan fingerprint density at radius 1 is 1.35 bits per heavy atom. The molecule has 0 saturated heterocycles. The second kappa shape index (κ2) is 5.87. The zero-order chi connectivity index (χ0) is 14.5. The zero-order valence-corrected chi connectivity index (χ0v) is 10.6. The molecular formula is C13H12N2O5. The second-order valence-electron chi connectivity index (χ2n) is 3.77. The number of aromatic carboxylic acids is 1. The van der Waals surface area contributed by atoms with Crippen LogP contribution in [-0.2, 0) is 4.74 Å². The first-order chi connectivity index (χ1) is 9.60. The molecule has 0 aliphatic heterocycles. The van der Waals surface area contributed by atoms with E-state index in [0.29, 0.717) is 17.9 Å². The van der Waals surface area contributed by atoms with Crippen LogP contribution < -0.4 is 5.32 Å². The first-order valence-corrected chi connectivity index (χ1v) is 5.83. The predicted octanol–water partition coefficient (Wildman–Crippen LogP) is 2.29. The van der Waals surface area contributed by atoms with Gasteiger partial charge in [0.05, 0.1) is 12.2 Å². The van der Waals surface area contributed by atoms with E-state index in [4.69, 9.17) is 14.3 Å². The Balaban J connectivity index is 2.06.